The van der Waals surface area contributed by atoms with Crippen LogP contribution in [0.1, 0.15) is 23.6 Å². The topological polar surface area (TPSA) is 46.5 Å². The van der Waals surface area contributed by atoms with Gasteiger partial charge in [-0.1, -0.05) is 18.2 Å². The molecule has 3 heteroatoms. The van der Waals surface area contributed by atoms with E-state index < -0.39 is 0 Å². The van der Waals surface area contributed by atoms with Gasteiger partial charge in [0.1, 0.15) is 0 Å². The molecule has 1 rings (SSSR count). The molecule has 0 saturated heterocycles. The van der Waals surface area contributed by atoms with Gasteiger partial charge in [-0.2, -0.15) is 0 Å². The Morgan fingerprint density at radius 1 is 1.35 bits per heavy atom. The first-order chi connectivity index (χ1) is 8.02. The van der Waals surface area contributed by atoms with E-state index in [1.165, 1.54) is 23.6 Å². The quantitative estimate of drug-likeness (QED) is 0.796. The highest BCUT2D eigenvalue weighted by atomic mass is 16.5. The molecule has 0 bridgehead atoms. The van der Waals surface area contributed by atoms with Crippen LogP contribution in [0.4, 0.5) is 0 Å². The Balaban J connectivity index is 2.60. The monoisotopic (exact) mass is 236 g/mol. The Labute approximate surface area is 102 Å². The molecular formula is C14H20O3. The van der Waals surface area contributed by atoms with Crippen LogP contribution < -0.4 is 0 Å². The summed E-state index contributed by atoms with van der Waals surface area (Å²) in [5.41, 5.74) is 3.67. The molecule has 0 heterocycles. The van der Waals surface area contributed by atoms with E-state index in [0.717, 1.165) is 6.42 Å². The number of rotatable bonds is 5. The zero-order valence-corrected chi connectivity index (χ0v) is 10.7. The first kappa shape index (κ1) is 13.7. The standard InChI is InChI=1S/C14H20O3/c1-10-4-5-13(6-11(10)2)7-14(8-15)9-17-12(3)16/h4-6,14-15H,7-9H2,1-3H3. The molecule has 0 saturated carbocycles. The second-order valence-electron chi connectivity index (χ2n) is 4.47. The zero-order chi connectivity index (χ0) is 12.8. The molecule has 0 radical (unpaired) electrons. The summed E-state index contributed by atoms with van der Waals surface area (Å²) in [5, 5.41) is 9.23. The third-order valence-electron chi connectivity index (χ3n) is 2.88. The number of carbonyl (C=O) groups excluding carboxylic acids is 1. The number of ether oxygens (including phenoxy) is 1. The first-order valence-electron chi connectivity index (χ1n) is 5.83. The van der Waals surface area contributed by atoms with Crippen LogP contribution in [0.2, 0.25) is 0 Å². The predicted octanol–water partition coefficient (Wildman–Crippen LogP) is 2.02. The SMILES string of the molecule is CC(=O)OCC(CO)Cc1ccc(C)c(C)c1. The van der Waals surface area contributed by atoms with Crippen molar-refractivity contribution in [3.63, 3.8) is 0 Å². The van der Waals surface area contributed by atoms with Crippen molar-refractivity contribution < 1.29 is 14.6 Å². The predicted molar refractivity (Wildman–Crippen MR) is 66.8 cm³/mol. The van der Waals surface area contributed by atoms with Gasteiger partial charge in [-0.15, -0.1) is 0 Å². The summed E-state index contributed by atoms with van der Waals surface area (Å²) in [5.74, 6) is -0.329. The number of esters is 1. The van der Waals surface area contributed by atoms with E-state index in [-0.39, 0.29) is 25.1 Å². The van der Waals surface area contributed by atoms with Gasteiger partial charge in [0.2, 0.25) is 0 Å². The van der Waals surface area contributed by atoms with Crippen LogP contribution in [0.3, 0.4) is 0 Å². The molecule has 0 aliphatic carbocycles. The van der Waals surface area contributed by atoms with E-state index in [1.54, 1.807) is 0 Å². The van der Waals surface area contributed by atoms with Crippen molar-refractivity contribution >= 4 is 5.97 Å². The molecule has 1 atom stereocenters. The second-order valence-corrected chi connectivity index (χ2v) is 4.47. The second kappa shape index (κ2) is 6.40. The average Bonchev–Trinajstić information content (AvgIpc) is 2.28. The molecule has 0 spiro atoms. The molecule has 0 aliphatic rings. The Kier molecular flexibility index (Phi) is 5.16. The maximum absolute atomic E-state index is 10.7. The van der Waals surface area contributed by atoms with Gasteiger partial charge in [-0.3, -0.25) is 4.79 Å². The summed E-state index contributed by atoms with van der Waals surface area (Å²) in [6.07, 6.45) is 0.727. The molecule has 0 aromatic heterocycles. The Hall–Kier alpha value is -1.35. The third kappa shape index (κ3) is 4.57. The van der Waals surface area contributed by atoms with E-state index >= 15 is 0 Å². The van der Waals surface area contributed by atoms with E-state index in [1.807, 2.05) is 0 Å². The van der Waals surface area contributed by atoms with Crippen LogP contribution in [0.5, 0.6) is 0 Å². The smallest absolute Gasteiger partial charge is 0.302 e. The Morgan fingerprint density at radius 3 is 2.59 bits per heavy atom. The minimum Gasteiger partial charge on any atom is -0.465 e. The molecule has 94 valence electrons. The van der Waals surface area contributed by atoms with Crippen LogP contribution in [-0.4, -0.2) is 24.3 Å². The number of hydrogen-bond donors (Lipinski definition) is 1. The van der Waals surface area contributed by atoms with Crippen molar-refractivity contribution in [3.8, 4) is 0 Å². The largest absolute Gasteiger partial charge is 0.465 e. The van der Waals surface area contributed by atoms with Crippen LogP contribution in [0, 0.1) is 19.8 Å². The highest BCUT2D eigenvalue weighted by Crippen LogP contribution is 2.14. The lowest BCUT2D eigenvalue weighted by atomic mass is 9.97. The molecular weight excluding hydrogens is 216 g/mol. The lowest BCUT2D eigenvalue weighted by Gasteiger charge is -2.14. The van der Waals surface area contributed by atoms with Gasteiger partial charge in [0.15, 0.2) is 0 Å². The van der Waals surface area contributed by atoms with Crippen LogP contribution in [0.15, 0.2) is 18.2 Å². The lowest BCUT2D eigenvalue weighted by molar-refractivity contribution is -0.142. The van der Waals surface area contributed by atoms with E-state index in [0.29, 0.717) is 0 Å². The van der Waals surface area contributed by atoms with Gasteiger partial charge in [-0.05, 0) is 37.0 Å². The van der Waals surface area contributed by atoms with Crippen molar-refractivity contribution in [2.24, 2.45) is 5.92 Å². The summed E-state index contributed by atoms with van der Waals surface area (Å²) in [6.45, 7) is 5.82. The fourth-order valence-electron chi connectivity index (χ4n) is 1.68. The first-order valence-corrected chi connectivity index (χ1v) is 5.83. The van der Waals surface area contributed by atoms with Crippen LogP contribution >= 0.6 is 0 Å². The lowest BCUT2D eigenvalue weighted by Crippen LogP contribution is -2.18. The number of benzene rings is 1. The summed E-state index contributed by atoms with van der Waals surface area (Å²) in [6, 6.07) is 6.25. The molecule has 0 amide bonds. The molecule has 1 unspecified atom stereocenters. The van der Waals surface area contributed by atoms with Crippen molar-refractivity contribution in [3.05, 3.63) is 34.9 Å². The van der Waals surface area contributed by atoms with E-state index in [4.69, 9.17) is 4.74 Å². The molecule has 17 heavy (non-hydrogen) atoms. The van der Waals surface area contributed by atoms with Crippen molar-refractivity contribution in [1.82, 2.24) is 0 Å². The molecule has 3 nitrogen and oxygen atoms in total. The fraction of sp³-hybridized carbons (Fsp3) is 0.500. The van der Waals surface area contributed by atoms with E-state index in [9.17, 15) is 9.90 Å². The number of carbonyl (C=O) groups is 1. The highest BCUT2D eigenvalue weighted by molar-refractivity contribution is 5.65. The average molecular weight is 236 g/mol. The number of hydrogen-bond acceptors (Lipinski definition) is 3. The van der Waals surface area contributed by atoms with Crippen molar-refractivity contribution in [2.75, 3.05) is 13.2 Å². The fourth-order valence-corrected chi connectivity index (χ4v) is 1.68. The maximum atomic E-state index is 10.7. The van der Waals surface area contributed by atoms with Crippen molar-refractivity contribution in [1.29, 1.82) is 0 Å². The number of aliphatic hydroxyl groups is 1. The molecule has 1 aromatic rings. The van der Waals surface area contributed by atoms with E-state index in [2.05, 4.69) is 32.0 Å². The van der Waals surface area contributed by atoms with Gasteiger partial charge in [0.05, 0.1) is 6.61 Å². The molecule has 0 fully saturated rings. The highest BCUT2D eigenvalue weighted by Gasteiger charge is 2.11. The molecule has 1 N–H and O–H groups in total. The summed E-state index contributed by atoms with van der Waals surface area (Å²) in [4.78, 5) is 10.7. The number of aryl methyl sites for hydroxylation is 2. The maximum Gasteiger partial charge on any atom is 0.302 e. The van der Waals surface area contributed by atoms with Gasteiger partial charge in [0, 0.05) is 19.4 Å². The number of aliphatic hydroxyl groups excluding tert-OH is 1. The van der Waals surface area contributed by atoms with Crippen molar-refractivity contribution in [2.45, 2.75) is 27.2 Å². The normalized spacial score (nSPS) is 12.2. The minimum atomic E-state index is -0.302. The van der Waals surface area contributed by atoms with Gasteiger partial charge >= 0.3 is 5.97 Å². The van der Waals surface area contributed by atoms with Gasteiger partial charge in [0.25, 0.3) is 0 Å². The summed E-state index contributed by atoms with van der Waals surface area (Å²) >= 11 is 0. The molecule has 0 aliphatic heterocycles. The van der Waals surface area contributed by atoms with Crippen LogP contribution in [0.25, 0.3) is 0 Å². The zero-order valence-electron chi connectivity index (χ0n) is 10.7. The Morgan fingerprint density at radius 2 is 2.06 bits per heavy atom. The summed E-state index contributed by atoms with van der Waals surface area (Å²) < 4.78 is 4.92. The minimum absolute atomic E-state index is 0.0268. The molecule has 1 aromatic carbocycles. The Bertz CT molecular complexity index is 385. The van der Waals surface area contributed by atoms with Gasteiger partial charge < -0.3 is 9.84 Å². The third-order valence-corrected chi connectivity index (χ3v) is 2.88. The van der Waals surface area contributed by atoms with Crippen LogP contribution in [-0.2, 0) is 16.0 Å². The van der Waals surface area contributed by atoms with Gasteiger partial charge in [-0.25, -0.2) is 0 Å². The summed E-state index contributed by atoms with van der Waals surface area (Å²) in [7, 11) is 0.